The Morgan fingerprint density at radius 3 is 2.56 bits per heavy atom. The standard InChI is InChI=1S/C25H27N7O5.C2H6/c1-35-19-5-4-17(23(12-19)36-2)14-27-20-6-3-16(13-26)11-21(20)30-25-28-15-22(32(33)34)24(31-25)29-18-7-9-37-10-8-18;1-2/h3-6,11-12,15,18,27H,7-10,14H2,1-2H3,(H2,28,29,30,31);1-2H3. The Hall–Kier alpha value is -4.63. The van der Waals surface area contributed by atoms with Gasteiger partial charge in [0.05, 0.1) is 42.2 Å². The molecule has 39 heavy (non-hydrogen) atoms. The lowest BCUT2D eigenvalue weighted by Crippen LogP contribution is -2.28. The Balaban J connectivity index is 0.00000205. The molecule has 1 fully saturated rings. The van der Waals surface area contributed by atoms with Gasteiger partial charge in [-0.05, 0) is 43.2 Å². The molecule has 1 aliphatic heterocycles. The molecule has 0 aliphatic carbocycles. The van der Waals surface area contributed by atoms with Crippen molar-refractivity contribution < 1.29 is 19.1 Å². The van der Waals surface area contributed by atoms with Crippen molar-refractivity contribution in [2.45, 2.75) is 39.3 Å². The van der Waals surface area contributed by atoms with Crippen LogP contribution in [-0.4, -0.2) is 48.4 Å². The number of methoxy groups -OCH3 is 2. The van der Waals surface area contributed by atoms with Crippen LogP contribution in [0.15, 0.2) is 42.6 Å². The Bertz CT molecular complexity index is 1310. The molecule has 3 N–H and O–H groups in total. The van der Waals surface area contributed by atoms with Gasteiger partial charge >= 0.3 is 5.69 Å². The first-order chi connectivity index (χ1) is 19.0. The van der Waals surface area contributed by atoms with E-state index in [1.54, 1.807) is 38.5 Å². The Kier molecular flexibility index (Phi) is 10.6. The van der Waals surface area contributed by atoms with Crippen molar-refractivity contribution in [3.05, 3.63) is 63.8 Å². The monoisotopic (exact) mass is 535 g/mol. The van der Waals surface area contributed by atoms with Crippen molar-refractivity contribution in [3.63, 3.8) is 0 Å². The lowest BCUT2D eigenvalue weighted by atomic mass is 10.1. The van der Waals surface area contributed by atoms with Crippen LogP contribution in [0, 0.1) is 21.4 Å². The number of anilines is 4. The predicted octanol–water partition coefficient (Wildman–Crippen LogP) is 5.25. The summed E-state index contributed by atoms with van der Waals surface area (Å²) in [5.41, 5.74) is 2.33. The van der Waals surface area contributed by atoms with Crippen molar-refractivity contribution in [1.29, 1.82) is 5.26 Å². The van der Waals surface area contributed by atoms with Crippen LogP contribution in [-0.2, 0) is 11.3 Å². The average molecular weight is 536 g/mol. The predicted molar refractivity (Wildman–Crippen MR) is 149 cm³/mol. The van der Waals surface area contributed by atoms with Crippen LogP contribution in [0.5, 0.6) is 11.5 Å². The van der Waals surface area contributed by atoms with Crippen molar-refractivity contribution in [2.24, 2.45) is 0 Å². The number of hydrogen-bond acceptors (Lipinski definition) is 11. The van der Waals surface area contributed by atoms with Crippen LogP contribution in [0.3, 0.4) is 0 Å². The molecular formula is C27H33N7O5. The second-order valence-corrected chi connectivity index (χ2v) is 8.24. The SMILES string of the molecule is CC.COc1ccc(CNc2ccc(C#N)cc2Nc2ncc([N+](=O)[O-])c(NC3CCOCC3)n2)c(OC)c1. The molecule has 1 saturated heterocycles. The van der Waals surface area contributed by atoms with Crippen LogP contribution in [0.4, 0.5) is 28.8 Å². The zero-order valence-corrected chi connectivity index (χ0v) is 22.5. The lowest BCUT2D eigenvalue weighted by molar-refractivity contribution is -0.384. The highest BCUT2D eigenvalue weighted by Gasteiger charge is 2.22. The highest BCUT2D eigenvalue weighted by atomic mass is 16.6. The van der Waals surface area contributed by atoms with Crippen molar-refractivity contribution in [1.82, 2.24) is 9.97 Å². The van der Waals surface area contributed by atoms with E-state index in [0.29, 0.717) is 48.2 Å². The van der Waals surface area contributed by atoms with E-state index in [0.717, 1.165) is 18.4 Å². The molecule has 12 nitrogen and oxygen atoms in total. The summed E-state index contributed by atoms with van der Waals surface area (Å²) in [6.45, 7) is 5.58. The maximum Gasteiger partial charge on any atom is 0.329 e. The number of hydrogen-bond donors (Lipinski definition) is 3. The van der Waals surface area contributed by atoms with Gasteiger partial charge in [-0.15, -0.1) is 0 Å². The smallest absolute Gasteiger partial charge is 0.329 e. The number of nitrogens with zero attached hydrogens (tertiary/aromatic N) is 4. The number of aromatic nitrogens is 2. The van der Waals surface area contributed by atoms with E-state index in [1.165, 1.54) is 6.20 Å². The van der Waals surface area contributed by atoms with E-state index >= 15 is 0 Å². The fourth-order valence-corrected chi connectivity index (χ4v) is 3.89. The van der Waals surface area contributed by atoms with Gasteiger partial charge in [0.25, 0.3) is 0 Å². The average Bonchev–Trinajstić information content (AvgIpc) is 2.98. The van der Waals surface area contributed by atoms with Crippen molar-refractivity contribution in [3.8, 4) is 17.6 Å². The molecule has 0 atom stereocenters. The quantitative estimate of drug-likeness (QED) is 0.230. The first-order valence-corrected chi connectivity index (χ1v) is 12.6. The van der Waals surface area contributed by atoms with E-state index in [9.17, 15) is 15.4 Å². The summed E-state index contributed by atoms with van der Waals surface area (Å²) in [6, 6.07) is 12.8. The second-order valence-electron chi connectivity index (χ2n) is 8.24. The topological polar surface area (TPSA) is 156 Å². The molecule has 0 radical (unpaired) electrons. The van der Waals surface area contributed by atoms with Gasteiger partial charge < -0.3 is 30.2 Å². The molecule has 1 aliphatic rings. The number of nitriles is 1. The van der Waals surface area contributed by atoms with Gasteiger partial charge in [-0.25, -0.2) is 4.98 Å². The van der Waals surface area contributed by atoms with E-state index in [4.69, 9.17) is 14.2 Å². The van der Waals surface area contributed by atoms with Crippen LogP contribution in [0.1, 0.15) is 37.8 Å². The highest BCUT2D eigenvalue weighted by molar-refractivity contribution is 5.75. The third-order valence-corrected chi connectivity index (χ3v) is 5.89. The van der Waals surface area contributed by atoms with E-state index in [1.807, 2.05) is 26.0 Å². The molecule has 0 unspecified atom stereocenters. The maximum absolute atomic E-state index is 11.6. The van der Waals surface area contributed by atoms with E-state index in [2.05, 4.69) is 32.0 Å². The van der Waals surface area contributed by atoms with Crippen molar-refractivity contribution in [2.75, 3.05) is 43.4 Å². The zero-order valence-electron chi connectivity index (χ0n) is 22.5. The van der Waals surface area contributed by atoms with Gasteiger partial charge in [-0.3, -0.25) is 10.1 Å². The molecule has 206 valence electrons. The summed E-state index contributed by atoms with van der Waals surface area (Å²) < 4.78 is 16.1. The first kappa shape index (κ1) is 28.9. The lowest BCUT2D eigenvalue weighted by Gasteiger charge is -2.23. The summed E-state index contributed by atoms with van der Waals surface area (Å²) in [5.74, 6) is 1.63. The summed E-state index contributed by atoms with van der Waals surface area (Å²) in [5, 5.41) is 30.6. The van der Waals surface area contributed by atoms with Gasteiger partial charge in [-0.1, -0.05) is 13.8 Å². The molecule has 1 aromatic heterocycles. The van der Waals surface area contributed by atoms with Gasteiger partial charge in [0.2, 0.25) is 11.8 Å². The molecule has 2 aromatic carbocycles. The molecule has 4 rings (SSSR count). The summed E-state index contributed by atoms with van der Waals surface area (Å²) in [7, 11) is 3.18. The van der Waals surface area contributed by atoms with Gasteiger partial charge in [0.15, 0.2) is 0 Å². The molecule has 0 bridgehead atoms. The fourth-order valence-electron chi connectivity index (χ4n) is 3.89. The van der Waals surface area contributed by atoms with Crippen molar-refractivity contribution >= 4 is 28.8 Å². The summed E-state index contributed by atoms with van der Waals surface area (Å²) in [4.78, 5) is 19.6. The van der Waals surface area contributed by atoms with Gasteiger partial charge in [0.1, 0.15) is 17.7 Å². The normalized spacial score (nSPS) is 12.8. The number of rotatable bonds is 10. The van der Waals surface area contributed by atoms with E-state index < -0.39 is 4.92 Å². The first-order valence-electron chi connectivity index (χ1n) is 12.6. The van der Waals surface area contributed by atoms with Gasteiger partial charge in [-0.2, -0.15) is 10.2 Å². The number of benzene rings is 2. The third kappa shape index (κ3) is 7.68. The minimum absolute atomic E-state index is 0.00817. The molecule has 0 saturated carbocycles. The molecule has 0 spiro atoms. The molecular weight excluding hydrogens is 502 g/mol. The highest BCUT2D eigenvalue weighted by Crippen LogP contribution is 2.31. The number of nitro groups is 1. The molecule has 2 heterocycles. The summed E-state index contributed by atoms with van der Waals surface area (Å²) >= 11 is 0. The van der Waals surface area contributed by atoms with E-state index in [-0.39, 0.29) is 23.5 Å². The Morgan fingerprint density at radius 1 is 1.13 bits per heavy atom. The maximum atomic E-state index is 11.6. The minimum Gasteiger partial charge on any atom is -0.497 e. The van der Waals surface area contributed by atoms with Crippen LogP contribution in [0.25, 0.3) is 0 Å². The molecule has 3 aromatic rings. The zero-order chi connectivity index (χ0) is 28.2. The minimum atomic E-state index is -0.517. The summed E-state index contributed by atoms with van der Waals surface area (Å²) in [6.07, 6.45) is 2.61. The molecule has 12 heteroatoms. The second kappa shape index (κ2) is 14.3. The van der Waals surface area contributed by atoms with Crippen LogP contribution >= 0.6 is 0 Å². The Labute approximate surface area is 227 Å². The fraction of sp³-hybridized carbons (Fsp3) is 0.370. The Morgan fingerprint density at radius 2 is 1.90 bits per heavy atom. The van der Waals surface area contributed by atoms with Crippen LogP contribution in [0.2, 0.25) is 0 Å². The third-order valence-electron chi connectivity index (χ3n) is 5.89. The number of ether oxygens (including phenoxy) is 3. The number of nitrogens with one attached hydrogen (secondary N) is 3. The largest absolute Gasteiger partial charge is 0.497 e. The molecule has 0 amide bonds. The van der Waals surface area contributed by atoms with Crippen LogP contribution < -0.4 is 25.4 Å². The van der Waals surface area contributed by atoms with Gasteiger partial charge in [0, 0.05) is 37.4 Å².